The lowest BCUT2D eigenvalue weighted by atomic mass is 10.2. The van der Waals surface area contributed by atoms with Gasteiger partial charge in [0.1, 0.15) is 15.9 Å². The number of carbonyl (C=O) groups excluding carboxylic acids is 2. The van der Waals surface area contributed by atoms with Gasteiger partial charge >= 0.3 is 0 Å². The van der Waals surface area contributed by atoms with E-state index in [0.29, 0.717) is 33.6 Å². The summed E-state index contributed by atoms with van der Waals surface area (Å²) in [6, 6.07) is 11.4. The molecule has 1 aliphatic heterocycles. The van der Waals surface area contributed by atoms with Crippen molar-refractivity contribution in [1.82, 2.24) is 4.90 Å². The topological polar surface area (TPSA) is 58.6 Å². The van der Waals surface area contributed by atoms with Gasteiger partial charge in [0.15, 0.2) is 0 Å². The number of benzene rings is 2. The van der Waals surface area contributed by atoms with E-state index in [4.69, 9.17) is 28.6 Å². The molecule has 0 unspecified atom stereocenters. The molecular formula is C21H18ClFN2O3S2. The van der Waals surface area contributed by atoms with Crippen LogP contribution in [0.2, 0.25) is 5.02 Å². The van der Waals surface area contributed by atoms with Crippen LogP contribution in [0.1, 0.15) is 18.4 Å². The lowest BCUT2D eigenvalue weighted by molar-refractivity contribution is -0.122. The first-order valence-electron chi connectivity index (χ1n) is 9.01. The molecule has 0 bridgehead atoms. The van der Waals surface area contributed by atoms with Crippen LogP contribution in [0.4, 0.5) is 10.1 Å². The van der Waals surface area contributed by atoms with Gasteiger partial charge in [-0.25, -0.2) is 4.39 Å². The standard InChI is InChI=1S/C21H18ClFN2O3S2/c1-28-15-5-2-4-13(10-15)11-18-20(27)25(21(29)30-18)9-3-6-19(26)24-14-7-8-17(23)16(22)12-14/h2,4-5,7-8,10-12H,3,6,9H2,1H3,(H,24,26). The molecule has 2 aromatic rings. The van der Waals surface area contributed by atoms with E-state index >= 15 is 0 Å². The third kappa shape index (κ3) is 5.59. The molecule has 0 radical (unpaired) electrons. The first-order chi connectivity index (χ1) is 14.4. The first kappa shape index (κ1) is 22.3. The van der Waals surface area contributed by atoms with Crippen molar-refractivity contribution in [3.05, 3.63) is 63.8 Å². The van der Waals surface area contributed by atoms with Crippen LogP contribution in [0.3, 0.4) is 0 Å². The number of amides is 2. The Morgan fingerprint density at radius 3 is 2.87 bits per heavy atom. The summed E-state index contributed by atoms with van der Waals surface area (Å²) in [5.41, 5.74) is 1.26. The van der Waals surface area contributed by atoms with Crippen molar-refractivity contribution >= 4 is 63.5 Å². The summed E-state index contributed by atoms with van der Waals surface area (Å²) in [4.78, 5) is 26.8. The second kappa shape index (κ2) is 10.1. The molecular weight excluding hydrogens is 447 g/mol. The van der Waals surface area contributed by atoms with Crippen LogP contribution in [0.5, 0.6) is 5.75 Å². The molecule has 1 aliphatic rings. The van der Waals surface area contributed by atoms with Gasteiger partial charge in [-0.1, -0.05) is 47.7 Å². The number of methoxy groups -OCH3 is 1. The van der Waals surface area contributed by atoms with Gasteiger partial charge in [-0.15, -0.1) is 0 Å². The van der Waals surface area contributed by atoms with Crippen LogP contribution in [-0.2, 0) is 9.59 Å². The van der Waals surface area contributed by atoms with Gasteiger partial charge < -0.3 is 10.1 Å². The molecule has 1 fully saturated rings. The Hall–Kier alpha value is -2.42. The molecule has 2 aromatic carbocycles. The Morgan fingerprint density at radius 2 is 2.13 bits per heavy atom. The number of nitrogens with zero attached hydrogens (tertiary/aromatic N) is 1. The summed E-state index contributed by atoms with van der Waals surface area (Å²) in [5.74, 6) is -0.285. The number of hydrogen-bond donors (Lipinski definition) is 1. The van der Waals surface area contributed by atoms with Gasteiger partial charge in [0, 0.05) is 18.7 Å². The van der Waals surface area contributed by atoms with Gasteiger partial charge in [-0.05, 0) is 48.4 Å². The fourth-order valence-corrected chi connectivity index (χ4v) is 4.26. The molecule has 0 aromatic heterocycles. The maximum Gasteiger partial charge on any atom is 0.266 e. The number of anilines is 1. The average Bonchev–Trinajstić information content (AvgIpc) is 2.98. The van der Waals surface area contributed by atoms with E-state index in [-0.39, 0.29) is 23.3 Å². The minimum atomic E-state index is -0.550. The lowest BCUT2D eigenvalue weighted by Crippen LogP contribution is -2.29. The predicted octanol–water partition coefficient (Wildman–Crippen LogP) is 5.11. The van der Waals surface area contributed by atoms with E-state index in [1.54, 1.807) is 13.2 Å². The van der Waals surface area contributed by atoms with E-state index < -0.39 is 5.82 Å². The zero-order chi connectivity index (χ0) is 21.7. The fraction of sp³-hybridized carbons (Fsp3) is 0.190. The Morgan fingerprint density at radius 1 is 1.33 bits per heavy atom. The summed E-state index contributed by atoms with van der Waals surface area (Å²) in [7, 11) is 1.58. The third-order valence-corrected chi connectivity index (χ3v) is 5.92. The normalized spacial score (nSPS) is 15.0. The molecule has 0 aliphatic carbocycles. The molecule has 0 saturated carbocycles. The summed E-state index contributed by atoms with van der Waals surface area (Å²) < 4.78 is 18.8. The Balaban J connectivity index is 1.54. The van der Waals surface area contributed by atoms with Crippen LogP contribution >= 0.6 is 35.6 Å². The summed E-state index contributed by atoms with van der Waals surface area (Å²) >= 11 is 12.3. The van der Waals surface area contributed by atoms with Crippen LogP contribution in [0, 0.1) is 5.82 Å². The number of nitrogens with one attached hydrogen (secondary N) is 1. The number of halogens is 2. The third-order valence-electron chi connectivity index (χ3n) is 4.25. The molecule has 1 saturated heterocycles. The molecule has 1 N–H and O–H groups in total. The Bertz CT molecular complexity index is 1030. The molecule has 1 heterocycles. The van der Waals surface area contributed by atoms with Crippen LogP contribution in [-0.4, -0.2) is 34.7 Å². The Kier molecular flexibility index (Phi) is 7.47. The maximum atomic E-state index is 13.2. The highest BCUT2D eigenvalue weighted by molar-refractivity contribution is 8.26. The van der Waals surface area contributed by atoms with E-state index in [1.165, 1.54) is 34.9 Å². The monoisotopic (exact) mass is 464 g/mol. The lowest BCUT2D eigenvalue weighted by Gasteiger charge is -2.14. The highest BCUT2D eigenvalue weighted by Crippen LogP contribution is 2.33. The SMILES string of the molecule is COc1cccc(C=C2SC(=S)N(CCCC(=O)Nc3ccc(F)c(Cl)c3)C2=O)c1. The highest BCUT2D eigenvalue weighted by atomic mass is 35.5. The zero-order valence-corrected chi connectivity index (χ0v) is 18.4. The van der Waals surface area contributed by atoms with Crippen LogP contribution in [0.15, 0.2) is 47.4 Å². The number of carbonyl (C=O) groups is 2. The second-order valence-corrected chi connectivity index (χ2v) is 8.47. The largest absolute Gasteiger partial charge is 0.497 e. The number of thiocarbonyl (C=S) groups is 1. The fourth-order valence-electron chi connectivity index (χ4n) is 2.77. The molecule has 156 valence electrons. The second-order valence-electron chi connectivity index (χ2n) is 6.39. The average molecular weight is 465 g/mol. The van der Waals surface area contributed by atoms with Crippen LogP contribution in [0.25, 0.3) is 6.08 Å². The van der Waals surface area contributed by atoms with E-state index in [9.17, 15) is 14.0 Å². The van der Waals surface area contributed by atoms with Crippen molar-refractivity contribution in [3.63, 3.8) is 0 Å². The number of hydrogen-bond acceptors (Lipinski definition) is 5. The van der Waals surface area contributed by atoms with Gasteiger partial charge in [-0.3, -0.25) is 14.5 Å². The number of ether oxygens (including phenoxy) is 1. The van der Waals surface area contributed by atoms with Crippen molar-refractivity contribution in [2.45, 2.75) is 12.8 Å². The predicted molar refractivity (Wildman–Crippen MR) is 122 cm³/mol. The minimum absolute atomic E-state index is 0.0619. The quantitative estimate of drug-likeness (QED) is 0.456. The molecule has 30 heavy (non-hydrogen) atoms. The summed E-state index contributed by atoms with van der Waals surface area (Å²) in [5, 5.41) is 2.59. The molecule has 2 amide bonds. The van der Waals surface area contributed by atoms with Crippen LogP contribution < -0.4 is 10.1 Å². The van der Waals surface area contributed by atoms with Gasteiger partial charge in [-0.2, -0.15) is 0 Å². The minimum Gasteiger partial charge on any atom is -0.497 e. The van der Waals surface area contributed by atoms with Crippen molar-refractivity contribution in [3.8, 4) is 5.75 Å². The van der Waals surface area contributed by atoms with E-state index in [2.05, 4.69) is 5.32 Å². The van der Waals surface area contributed by atoms with Gasteiger partial charge in [0.05, 0.1) is 17.0 Å². The van der Waals surface area contributed by atoms with Crippen molar-refractivity contribution in [2.75, 3.05) is 19.0 Å². The first-order valence-corrected chi connectivity index (χ1v) is 10.6. The zero-order valence-electron chi connectivity index (χ0n) is 16.0. The van der Waals surface area contributed by atoms with Crippen molar-refractivity contribution < 1.29 is 18.7 Å². The number of rotatable bonds is 7. The highest BCUT2D eigenvalue weighted by Gasteiger charge is 2.31. The molecule has 9 heteroatoms. The summed E-state index contributed by atoms with van der Waals surface area (Å²) in [6.07, 6.45) is 2.38. The van der Waals surface area contributed by atoms with E-state index in [0.717, 1.165) is 5.56 Å². The molecule has 5 nitrogen and oxygen atoms in total. The molecule has 3 rings (SSSR count). The summed E-state index contributed by atoms with van der Waals surface area (Å²) in [6.45, 7) is 0.331. The Labute approximate surface area is 188 Å². The van der Waals surface area contributed by atoms with Crippen molar-refractivity contribution in [2.24, 2.45) is 0 Å². The van der Waals surface area contributed by atoms with Gasteiger partial charge in [0.2, 0.25) is 5.91 Å². The van der Waals surface area contributed by atoms with Crippen molar-refractivity contribution in [1.29, 1.82) is 0 Å². The smallest absolute Gasteiger partial charge is 0.266 e. The molecule has 0 spiro atoms. The molecule has 0 atom stereocenters. The van der Waals surface area contributed by atoms with Gasteiger partial charge in [0.25, 0.3) is 5.91 Å². The van der Waals surface area contributed by atoms with E-state index in [1.807, 2.05) is 24.3 Å². The maximum absolute atomic E-state index is 13.2. The number of thioether (sulfide) groups is 1.